The smallest absolute Gasteiger partial charge is 0.267 e. The van der Waals surface area contributed by atoms with E-state index in [-0.39, 0.29) is 11.6 Å². The molecule has 1 heterocycles. The second-order valence-corrected chi connectivity index (χ2v) is 6.01. The number of hydrogen-bond acceptors (Lipinski definition) is 4. The van der Waals surface area contributed by atoms with Crippen LogP contribution < -0.4 is 5.01 Å². The number of rotatable bonds is 4. The molecule has 130 valence electrons. The van der Waals surface area contributed by atoms with Crippen LogP contribution in [0.4, 0.5) is 11.4 Å². The number of nitro benzene ring substituents is 1. The molecule has 0 unspecified atom stereocenters. The van der Waals surface area contributed by atoms with Crippen molar-refractivity contribution in [1.29, 1.82) is 0 Å². The molecule has 0 atom stereocenters. The number of allylic oxidation sites excluding steroid dienone is 2. The minimum atomic E-state index is -0.448. The summed E-state index contributed by atoms with van der Waals surface area (Å²) >= 11 is 5.97. The maximum atomic E-state index is 12.6. The number of hydrazone groups is 1. The first-order valence-corrected chi connectivity index (χ1v) is 8.12. The van der Waals surface area contributed by atoms with Crippen molar-refractivity contribution in [3.63, 3.8) is 0 Å². The molecule has 0 radical (unpaired) electrons. The van der Waals surface area contributed by atoms with E-state index in [2.05, 4.69) is 5.10 Å². The van der Waals surface area contributed by atoms with Gasteiger partial charge in [-0.3, -0.25) is 14.9 Å². The third-order valence-corrected chi connectivity index (χ3v) is 3.98. The van der Waals surface area contributed by atoms with E-state index < -0.39 is 4.92 Å². The highest BCUT2D eigenvalue weighted by molar-refractivity contribution is 6.32. The summed E-state index contributed by atoms with van der Waals surface area (Å²) in [5.41, 5.74) is 2.31. The maximum Gasteiger partial charge on any atom is 0.280 e. The van der Waals surface area contributed by atoms with E-state index in [4.69, 9.17) is 11.6 Å². The maximum absolute atomic E-state index is 12.6. The molecule has 0 bridgehead atoms. The number of amides is 1. The molecule has 0 spiro atoms. The van der Waals surface area contributed by atoms with Crippen LogP contribution in [-0.4, -0.2) is 16.5 Å². The summed E-state index contributed by atoms with van der Waals surface area (Å²) in [5.74, 6) is -0.256. The van der Waals surface area contributed by atoms with Crippen molar-refractivity contribution in [2.75, 3.05) is 5.01 Å². The van der Waals surface area contributed by atoms with Gasteiger partial charge in [-0.15, -0.1) is 0 Å². The van der Waals surface area contributed by atoms with Gasteiger partial charge in [-0.05, 0) is 36.8 Å². The number of anilines is 1. The van der Waals surface area contributed by atoms with Crippen LogP contribution in [-0.2, 0) is 4.79 Å². The first-order valence-electron chi connectivity index (χ1n) is 7.74. The summed E-state index contributed by atoms with van der Waals surface area (Å²) in [6.45, 7) is 1.75. The minimum Gasteiger partial charge on any atom is -0.267 e. The van der Waals surface area contributed by atoms with E-state index in [1.807, 2.05) is 0 Å². The van der Waals surface area contributed by atoms with E-state index in [1.54, 1.807) is 61.5 Å². The standard InChI is InChI=1S/C19H14ClN3O3/c1-13-18(10-3-6-14-5-2-9-17(11-14)23(25)26)19(24)22(21-13)16-8-4-7-15(20)12-16/h2-12H,1H3/b6-3+,18-10-. The lowest BCUT2D eigenvalue weighted by Gasteiger charge is -2.11. The Balaban J connectivity index is 1.81. The Bertz CT molecular complexity index is 979. The highest BCUT2D eigenvalue weighted by Gasteiger charge is 2.28. The highest BCUT2D eigenvalue weighted by Crippen LogP contribution is 2.26. The molecular formula is C19H14ClN3O3. The topological polar surface area (TPSA) is 75.8 Å². The average Bonchev–Trinajstić information content (AvgIpc) is 2.90. The van der Waals surface area contributed by atoms with Crippen molar-refractivity contribution >= 4 is 40.7 Å². The SMILES string of the molecule is CC1=NN(c2cccc(Cl)c2)C(=O)/C1=C\C=C\c1cccc([N+](=O)[O-])c1. The molecule has 1 aliphatic rings. The Kier molecular flexibility index (Phi) is 4.95. The highest BCUT2D eigenvalue weighted by atomic mass is 35.5. The summed E-state index contributed by atoms with van der Waals surface area (Å²) in [5, 5.41) is 16.9. The summed E-state index contributed by atoms with van der Waals surface area (Å²) in [4.78, 5) is 23.0. The number of non-ortho nitro benzene ring substituents is 1. The molecule has 1 amide bonds. The fourth-order valence-corrected chi connectivity index (χ4v) is 2.67. The number of halogens is 1. The van der Waals surface area contributed by atoms with Gasteiger partial charge in [0.25, 0.3) is 11.6 Å². The quantitative estimate of drug-likeness (QED) is 0.450. The van der Waals surface area contributed by atoms with Crippen molar-refractivity contribution < 1.29 is 9.72 Å². The average molecular weight is 368 g/mol. The number of nitro groups is 1. The molecule has 3 rings (SSSR count). The molecule has 0 aromatic heterocycles. The number of carbonyl (C=O) groups is 1. The van der Waals surface area contributed by atoms with Crippen LogP contribution in [0.1, 0.15) is 12.5 Å². The monoisotopic (exact) mass is 367 g/mol. The minimum absolute atomic E-state index is 0.0154. The Morgan fingerprint density at radius 3 is 2.69 bits per heavy atom. The van der Waals surface area contributed by atoms with Crippen molar-refractivity contribution in [1.82, 2.24) is 0 Å². The van der Waals surface area contributed by atoms with E-state index in [9.17, 15) is 14.9 Å². The predicted molar refractivity (Wildman–Crippen MR) is 102 cm³/mol. The van der Waals surface area contributed by atoms with Crippen LogP contribution in [0, 0.1) is 10.1 Å². The second kappa shape index (κ2) is 7.33. The van der Waals surface area contributed by atoms with Gasteiger partial charge >= 0.3 is 0 Å². The van der Waals surface area contributed by atoms with E-state index in [0.29, 0.717) is 27.6 Å². The normalized spacial score (nSPS) is 15.8. The molecule has 7 heteroatoms. The molecule has 0 aliphatic carbocycles. The van der Waals surface area contributed by atoms with Gasteiger partial charge in [0.05, 0.1) is 21.9 Å². The van der Waals surface area contributed by atoms with Gasteiger partial charge in [0.15, 0.2) is 0 Å². The van der Waals surface area contributed by atoms with E-state index in [1.165, 1.54) is 17.1 Å². The number of benzene rings is 2. The summed E-state index contributed by atoms with van der Waals surface area (Å²) in [6.07, 6.45) is 5.01. The predicted octanol–water partition coefficient (Wildman–Crippen LogP) is 4.61. The molecule has 0 fully saturated rings. The van der Waals surface area contributed by atoms with Gasteiger partial charge in [-0.1, -0.05) is 42.0 Å². The lowest BCUT2D eigenvalue weighted by atomic mass is 10.1. The van der Waals surface area contributed by atoms with Gasteiger partial charge < -0.3 is 0 Å². The fourth-order valence-electron chi connectivity index (χ4n) is 2.49. The van der Waals surface area contributed by atoms with Crippen LogP contribution in [0.3, 0.4) is 0 Å². The van der Waals surface area contributed by atoms with E-state index in [0.717, 1.165) is 0 Å². The first kappa shape index (κ1) is 17.6. The molecule has 0 N–H and O–H groups in total. The zero-order chi connectivity index (χ0) is 18.7. The Hall–Kier alpha value is -3.25. The third kappa shape index (κ3) is 3.70. The van der Waals surface area contributed by atoms with Gasteiger partial charge in [0.1, 0.15) is 0 Å². The van der Waals surface area contributed by atoms with Crippen LogP contribution in [0.5, 0.6) is 0 Å². The van der Waals surface area contributed by atoms with Gasteiger partial charge in [-0.25, -0.2) is 0 Å². The molecular weight excluding hydrogens is 354 g/mol. The van der Waals surface area contributed by atoms with Gasteiger partial charge in [0, 0.05) is 17.2 Å². The van der Waals surface area contributed by atoms with Crippen molar-refractivity contribution in [3.05, 3.63) is 87.0 Å². The van der Waals surface area contributed by atoms with Crippen LogP contribution in [0.15, 0.2) is 71.4 Å². The molecule has 1 aliphatic heterocycles. The largest absolute Gasteiger partial charge is 0.280 e. The Labute approximate surface area is 154 Å². The lowest BCUT2D eigenvalue weighted by molar-refractivity contribution is -0.384. The first-order chi connectivity index (χ1) is 12.5. The third-order valence-electron chi connectivity index (χ3n) is 3.75. The second-order valence-electron chi connectivity index (χ2n) is 5.57. The van der Waals surface area contributed by atoms with Crippen LogP contribution >= 0.6 is 11.6 Å². The van der Waals surface area contributed by atoms with Crippen molar-refractivity contribution in [3.8, 4) is 0 Å². The zero-order valence-corrected chi connectivity index (χ0v) is 14.6. The molecule has 26 heavy (non-hydrogen) atoms. The molecule has 0 saturated carbocycles. The summed E-state index contributed by atoms with van der Waals surface area (Å²) in [7, 11) is 0. The van der Waals surface area contributed by atoms with Gasteiger partial charge in [0.2, 0.25) is 0 Å². The van der Waals surface area contributed by atoms with Crippen LogP contribution in [0.2, 0.25) is 5.02 Å². The van der Waals surface area contributed by atoms with Crippen molar-refractivity contribution in [2.24, 2.45) is 5.10 Å². The lowest BCUT2D eigenvalue weighted by Crippen LogP contribution is -2.21. The number of carbonyl (C=O) groups excluding carboxylic acids is 1. The summed E-state index contributed by atoms with van der Waals surface area (Å²) < 4.78 is 0. The van der Waals surface area contributed by atoms with E-state index >= 15 is 0 Å². The van der Waals surface area contributed by atoms with Crippen LogP contribution in [0.25, 0.3) is 6.08 Å². The van der Waals surface area contributed by atoms with Crippen molar-refractivity contribution in [2.45, 2.75) is 6.92 Å². The number of hydrogen-bond donors (Lipinski definition) is 0. The zero-order valence-electron chi connectivity index (χ0n) is 13.8. The number of nitrogens with zero attached hydrogens (tertiary/aromatic N) is 3. The Morgan fingerprint density at radius 2 is 1.96 bits per heavy atom. The molecule has 6 nitrogen and oxygen atoms in total. The molecule has 2 aromatic carbocycles. The molecule has 2 aromatic rings. The summed E-state index contributed by atoms with van der Waals surface area (Å²) in [6, 6.07) is 13.1. The Morgan fingerprint density at radius 1 is 1.19 bits per heavy atom. The fraction of sp³-hybridized carbons (Fsp3) is 0.0526. The molecule has 0 saturated heterocycles. The van der Waals surface area contributed by atoms with Gasteiger partial charge in [-0.2, -0.15) is 10.1 Å².